The summed E-state index contributed by atoms with van der Waals surface area (Å²) in [4.78, 5) is 24.6. The number of nitrogens with zero attached hydrogens (tertiary/aromatic N) is 1. The van der Waals surface area contributed by atoms with E-state index in [0.29, 0.717) is 5.57 Å². The molecular formula is C17H20FNO3. The maximum Gasteiger partial charge on any atom is 0.328 e. The molecule has 0 aliphatic carbocycles. The van der Waals surface area contributed by atoms with E-state index in [4.69, 9.17) is 5.11 Å². The van der Waals surface area contributed by atoms with E-state index in [1.54, 1.807) is 31.2 Å². The molecule has 22 heavy (non-hydrogen) atoms. The number of hydrogen-bond donors (Lipinski definition) is 1. The fraction of sp³-hybridized carbons (Fsp3) is 0.294. The minimum atomic E-state index is -2.20. The van der Waals surface area contributed by atoms with Crippen LogP contribution in [0.4, 0.5) is 10.1 Å². The largest absolute Gasteiger partial charge is 0.478 e. The number of rotatable bonds is 6. The summed E-state index contributed by atoms with van der Waals surface area (Å²) in [5.74, 6) is -1.79. The Morgan fingerprint density at radius 2 is 1.73 bits per heavy atom. The zero-order chi connectivity index (χ0) is 16.9. The molecule has 0 aliphatic heterocycles. The van der Waals surface area contributed by atoms with Crippen LogP contribution >= 0.6 is 0 Å². The summed E-state index contributed by atoms with van der Waals surface area (Å²) < 4.78 is 14.6. The Morgan fingerprint density at radius 1 is 1.18 bits per heavy atom. The molecule has 0 aliphatic rings. The molecule has 1 rings (SSSR count). The van der Waals surface area contributed by atoms with E-state index in [1.807, 2.05) is 19.0 Å². The highest BCUT2D eigenvalue weighted by Crippen LogP contribution is 2.23. The van der Waals surface area contributed by atoms with Crippen LogP contribution < -0.4 is 4.90 Å². The third kappa shape index (κ3) is 4.84. The van der Waals surface area contributed by atoms with Gasteiger partial charge in [0.2, 0.25) is 5.78 Å². The minimum Gasteiger partial charge on any atom is -0.478 e. The number of aliphatic carboxylic acids is 1. The van der Waals surface area contributed by atoms with Crippen molar-refractivity contribution in [1.29, 1.82) is 0 Å². The molecule has 1 aromatic carbocycles. The first-order valence-electron chi connectivity index (χ1n) is 6.75. The lowest BCUT2D eigenvalue weighted by Crippen LogP contribution is -2.28. The standard InChI is InChI=1S/C17H20FNO3/c1-12(5-10-15(20)21)11-17(2,18)16(22)13-6-8-14(9-7-13)19(3)4/h5-11H,1-4H3,(H,20,21). The predicted octanol–water partition coefficient (Wildman–Crippen LogP) is 3.25. The zero-order valence-corrected chi connectivity index (χ0v) is 13.1. The van der Waals surface area contributed by atoms with Crippen LogP contribution in [0.25, 0.3) is 0 Å². The molecule has 1 N–H and O–H groups in total. The van der Waals surface area contributed by atoms with Gasteiger partial charge in [0.1, 0.15) is 0 Å². The molecule has 0 fully saturated rings. The van der Waals surface area contributed by atoms with Gasteiger partial charge in [-0.25, -0.2) is 9.18 Å². The second-order valence-electron chi connectivity index (χ2n) is 5.41. The zero-order valence-electron chi connectivity index (χ0n) is 13.1. The Bertz CT molecular complexity index is 613. The number of ketones is 1. The Hall–Kier alpha value is -2.43. The number of anilines is 1. The maximum absolute atomic E-state index is 14.6. The molecular weight excluding hydrogens is 285 g/mol. The molecule has 1 atom stereocenters. The van der Waals surface area contributed by atoms with Crippen molar-refractivity contribution in [2.45, 2.75) is 19.5 Å². The van der Waals surface area contributed by atoms with Gasteiger partial charge in [0.05, 0.1) is 0 Å². The Kier molecular flexibility index (Phi) is 5.63. The van der Waals surface area contributed by atoms with Gasteiger partial charge in [-0.3, -0.25) is 4.79 Å². The lowest BCUT2D eigenvalue weighted by atomic mass is 9.94. The number of carboxylic acids is 1. The van der Waals surface area contributed by atoms with E-state index in [-0.39, 0.29) is 5.56 Å². The van der Waals surface area contributed by atoms with Crippen LogP contribution in [0.1, 0.15) is 24.2 Å². The van der Waals surface area contributed by atoms with Crippen molar-refractivity contribution in [3.63, 3.8) is 0 Å². The lowest BCUT2D eigenvalue weighted by molar-refractivity contribution is -0.131. The van der Waals surface area contributed by atoms with Crippen molar-refractivity contribution in [2.24, 2.45) is 0 Å². The number of Topliss-reactive ketones (excluding diaryl/α,β-unsaturated/α-hetero) is 1. The van der Waals surface area contributed by atoms with E-state index in [1.165, 1.54) is 6.08 Å². The van der Waals surface area contributed by atoms with Crippen LogP contribution in [0.3, 0.4) is 0 Å². The highest BCUT2D eigenvalue weighted by Gasteiger charge is 2.31. The number of carboxylic acid groups (broad SMARTS) is 1. The maximum atomic E-state index is 14.6. The first-order valence-corrected chi connectivity index (χ1v) is 6.75. The third-order valence-electron chi connectivity index (χ3n) is 3.08. The molecule has 0 bridgehead atoms. The number of alkyl halides is 1. The van der Waals surface area contributed by atoms with E-state index < -0.39 is 17.4 Å². The van der Waals surface area contributed by atoms with Gasteiger partial charge >= 0.3 is 5.97 Å². The van der Waals surface area contributed by atoms with E-state index in [2.05, 4.69) is 0 Å². The van der Waals surface area contributed by atoms with Crippen LogP contribution in [0.2, 0.25) is 0 Å². The molecule has 0 heterocycles. The number of halogens is 1. The number of carbonyl (C=O) groups excluding carboxylic acids is 1. The van der Waals surface area contributed by atoms with Crippen LogP contribution in [0, 0.1) is 0 Å². The van der Waals surface area contributed by atoms with Gasteiger partial charge in [-0.05, 0) is 44.2 Å². The summed E-state index contributed by atoms with van der Waals surface area (Å²) in [6.45, 7) is 2.70. The summed E-state index contributed by atoms with van der Waals surface area (Å²) >= 11 is 0. The van der Waals surface area contributed by atoms with Gasteiger partial charge in [0.15, 0.2) is 5.67 Å². The third-order valence-corrected chi connectivity index (χ3v) is 3.08. The number of benzene rings is 1. The molecule has 0 amide bonds. The van der Waals surface area contributed by atoms with Crippen molar-refractivity contribution >= 4 is 17.4 Å². The number of hydrogen-bond acceptors (Lipinski definition) is 3. The van der Waals surface area contributed by atoms with Crippen LogP contribution in [0.15, 0.2) is 48.1 Å². The Labute approximate surface area is 129 Å². The molecule has 5 heteroatoms. The molecule has 0 spiro atoms. The number of allylic oxidation sites excluding steroid dienone is 3. The average molecular weight is 305 g/mol. The van der Waals surface area contributed by atoms with Gasteiger partial charge < -0.3 is 10.0 Å². The molecule has 0 saturated heterocycles. The molecule has 0 radical (unpaired) electrons. The molecule has 0 saturated carbocycles. The van der Waals surface area contributed by atoms with Gasteiger partial charge in [0.25, 0.3) is 0 Å². The first-order chi connectivity index (χ1) is 10.1. The summed E-state index contributed by atoms with van der Waals surface area (Å²) in [6.07, 6.45) is 3.27. The van der Waals surface area contributed by atoms with Crippen molar-refractivity contribution < 1.29 is 19.1 Å². The summed E-state index contributed by atoms with van der Waals surface area (Å²) in [5.41, 5.74) is -0.659. The van der Waals surface area contributed by atoms with E-state index in [0.717, 1.165) is 24.8 Å². The second kappa shape index (κ2) is 7.02. The normalized spacial score (nSPS) is 14.7. The second-order valence-corrected chi connectivity index (χ2v) is 5.41. The molecule has 1 unspecified atom stereocenters. The van der Waals surface area contributed by atoms with Crippen LogP contribution in [-0.4, -0.2) is 36.6 Å². The quantitative estimate of drug-likeness (QED) is 0.498. The van der Waals surface area contributed by atoms with Crippen molar-refractivity contribution in [2.75, 3.05) is 19.0 Å². The highest BCUT2D eigenvalue weighted by molar-refractivity contribution is 6.03. The summed E-state index contributed by atoms with van der Waals surface area (Å²) in [6, 6.07) is 6.63. The SMILES string of the molecule is CC(C=CC(=O)O)=CC(C)(F)C(=O)c1ccc(N(C)C)cc1. The molecule has 118 valence electrons. The van der Waals surface area contributed by atoms with Crippen molar-refractivity contribution in [3.05, 3.63) is 53.6 Å². The van der Waals surface area contributed by atoms with Gasteiger partial charge in [0, 0.05) is 31.4 Å². The fourth-order valence-electron chi connectivity index (χ4n) is 1.94. The fourth-order valence-corrected chi connectivity index (χ4v) is 1.94. The monoisotopic (exact) mass is 305 g/mol. The first kappa shape index (κ1) is 17.6. The molecule has 4 nitrogen and oxygen atoms in total. The minimum absolute atomic E-state index is 0.266. The van der Waals surface area contributed by atoms with E-state index >= 15 is 0 Å². The highest BCUT2D eigenvalue weighted by atomic mass is 19.1. The lowest BCUT2D eigenvalue weighted by Gasteiger charge is -2.17. The van der Waals surface area contributed by atoms with Gasteiger partial charge in [-0.1, -0.05) is 11.6 Å². The number of carbonyl (C=O) groups is 2. The van der Waals surface area contributed by atoms with Gasteiger partial charge in [-0.15, -0.1) is 0 Å². The van der Waals surface area contributed by atoms with E-state index in [9.17, 15) is 14.0 Å². The molecule has 1 aromatic rings. The predicted molar refractivity (Wildman–Crippen MR) is 85.1 cm³/mol. The summed E-state index contributed by atoms with van der Waals surface area (Å²) in [5, 5.41) is 8.54. The topological polar surface area (TPSA) is 57.6 Å². The Balaban J connectivity index is 2.99. The van der Waals surface area contributed by atoms with Gasteiger partial charge in [-0.2, -0.15) is 0 Å². The Morgan fingerprint density at radius 3 is 2.18 bits per heavy atom. The van der Waals surface area contributed by atoms with Crippen LogP contribution in [-0.2, 0) is 4.79 Å². The molecule has 0 aromatic heterocycles. The average Bonchev–Trinajstić information content (AvgIpc) is 2.44. The smallest absolute Gasteiger partial charge is 0.328 e. The van der Waals surface area contributed by atoms with Crippen molar-refractivity contribution in [1.82, 2.24) is 0 Å². The van der Waals surface area contributed by atoms with Crippen LogP contribution in [0.5, 0.6) is 0 Å². The van der Waals surface area contributed by atoms with Crippen molar-refractivity contribution in [3.8, 4) is 0 Å². The summed E-state index contributed by atoms with van der Waals surface area (Å²) in [7, 11) is 3.74.